The number of fused-ring (bicyclic) bond motifs is 2. The van der Waals surface area contributed by atoms with E-state index in [1.165, 1.54) is 11.1 Å². The van der Waals surface area contributed by atoms with E-state index in [9.17, 15) is 4.79 Å². The molecule has 6 nitrogen and oxygen atoms in total. The lowest BCUT2D eigenvalue weighted by molar-refractivity contribution is 0.102. The molecule has 1 aliphatic rings. The molecule has 0 bridgehead atoms. The number of anilines is 2. The Morgan fingerprint density at radius 2 is 2.09 bits per heavy atom. The predicted octanol–water partition coefficient (Wildman–Crippen LogP) is 2.27. The highest BCUT2D eigenvalue weighted by Crippen LogP contribution is 2.26. The van der Waals surface area contributed by atoms with E-state index in [0.717, 1.165) is 18.8 Å². The van der Waals surface area contributed by atoms with Crippen LogP contribution < -0.4 is 16.4 Å². The van der Waals surface area contributed by atoms with Crippen LogP contribution in [0.2, 0.25) is 0 Å². The summed E-state index contributed by atoms with van der Waals surface area (Å²) in [5.74, 6) is -0.00897. The van der Waals surface area contributed by atoms with Crippen LogP contribution in [0.25, 0.3) is 11.0 Å². The van der Waals surface area contributed by atoms with Crippen LogP contribution in [0.5, 0.6) is 0 Å². The zero-order valence-electron chi connectivity index (χ0n) is 11.7. The van der Waals surface area contributed by atoms with Gasteiger partial charge in [-0.1, -0.05) is 17.3 Å². The van der Waals surface area contributed by atoms with Crippen molar-refractivity contribution in [3.63, 3.8) is 0 Å². The van der Waals surface area contributed by atoms with E-state index in [4.69, 9.17) is 10.3 Å². The highest BCUT2D eigenvalue weighted by molar-refractivity contribution is 6.14. The van der Waals surface area contributed by atoms with Crippen molar-refractivity contribution in [1.82, 2.24) is 10.5 Å². The fourth-order valence-electron chi connectivity index (χ4n) is 2.78. The molecule has 0 atom stereocenters. The number of nitrogen functional groups attached to an aromatic ring is 1. The van der Waals surface area contributed by atoms with E-state index >= 15 is 0 Å². The molecule has 0 fully saturated rings. The Morgan fingerprint density at radius 3 is 3.00 bits per heavy atom. The quantitative estimate of drug-likeness (QED) is 0.674. The summed E-state index contributed by atoms with van der Waals surface area (Å²) < 4.78 is 5.09. The molecule has 1 aliphatic heterocycles. The zero-order valence-corrected chi connectivity index (χ0v) is 11.7. The maximum absolute atomic E-state index is 12.5. The molecule has 22 heavy (non-hydrogen) atoms. The molecule has 3 aromatic rings. The monoisotopic (exact) mass is 294 g/mol. The number of amides is 1. The van der Waals surface area contributed by atoms with E-state index in [1.54, 1.807) is 18.2 Å². The van der Waals surface area contributed by atoms with Gasteiger partial charge in [-0.05, 0) is 35.4 Å². The summed E-state index contributed by atoms with van der Waals surface area (Å²) in [6.07, 6.45) is 0. The zero-order chi connectivity index (χ0) is 15.1. The molecule has 0 saturated carbocycles. The third-order valence-corrected chi connectivity index (χ3v) is 3.86. The molecule has 4 N–H and O–H groups in total. The van der Waals surface area contributed by atoms with Gasteiger partial charge in [0.15, 0.2) is 11.4 Å². The highest BCUT2D eigenvalue weighted by Gasteiger charge is 2.17. The van der Waals surface area contributed by atoms with Gasteiger partial charge >= 0.3 is 0 Å². The second-order valence-corrected chi connectivity index (χ2v) is 5.29. The number of carbonyl (C=O) groups excluding carboxylic acids is 1. The van der Waals surface area contributed by atoms with E-state index in [2.05, 4.69) is 15.8 Å². The highest BCUT2D eigenvalue weighted by atomic mass is 16.5. The van der Waals surface area contributed by atoms with Crippen LogP contribution >= 0.6 is 0 Å². The van der Waals surface area contributed by atoms with Gasteiger partial charge in [0, 0.05) is 18.8 Å². The lowest BCUT2D eigenvalue weighted by Crippen LogP contribution is -2.12. The first kappa shape index (κ1) is 12.8. The number of nitrogens with one attached hydrogen (secondary N) is 2. The number of hydrogen-bond acceptors (Lipinski definition) is 5. The summed E-state index contributed by atoms with van der Waals surface area (Å²) in [6.45, 7) is 1.70. The molecule has 0 spiro atoms. The third kappa shape index (κ3) is 2.01. The van der Waals surface area contributed by atoms with Gasteiger partial charge in [-0.15, -0.1) is 0 Å². The third-order valence-electron chi connectivity index (χ3n) is 3.86. The number of carbonyl (C=O) groups is 1. The van der Waals surface area contributed by atoms with Crippen molar-refractivity contribution in [2.45, 2.75) is 13.1 Å². The summed E-state index contributed by atoms with van der Waals surface area (Å²) in [6, 6.07) is 11.1. The number of nitrogens with two attached hydrogens (primary N) is 1. The average molecular weight is 294 g/mol. The Balaban J connectivity index is 1.68. The van der Waals surface area contributed by atoms with Gasteiger partial charge in [0.05, 0.1) is 10.9 Å². The van der Waals surface area contributed by atoms with Crippen LogP contribution in [0.1, 0.15) is 21.5 Å². The minimum atomic E-state index is -0.230. The first-order valence-electron chi connectivity index (χ1n) is 7.00. The van der Waals surface area contributed by atoms with Crippen LogP contribution in [0.4, 0.5) is 11.5 Å². The molecule has 4 rings (SSSR count). The molecule has 2 heterocycles. The second-order valence-electron chi connectivity index (χ2n) is 5.29. The van der Waals surface area contributed by atoms with Crippen LogP contribution in [-0.4, -0.2) is 11.1 Å². The average Bonchev–Trinajstić information content (AvgIpc) is 3.13. The summed E-state index contributed by atoms with van der Waals surface area (Å²) in [7, 11) is 0. The van der Waals surface area contributed by atoms with Crippen molar-refractivity contribution in [2.24, 2.45) is 0 Å². The molecule has 1 amide bonds. The largest absolute Gasteiger partial charge is 0.380 e. The molecule has 0 saturated heterocycles. The summed E-state index contributed by atoms with van der Waals surface area (Å²) >= 11 is 0. The first-order chi connectivity index (χ1) is 10.7. The molecule has 1 aromatic heterocycles. The number of benzene rings is 2. The van der Waals surface area contributed by atoms with Crippen molar-refractivity contribution in [1.29, 1.82) is 0 Å². The fraction of sp³-hybridized carbons (Fsp3) is 0.125. The van der Waals surface area contributed by atoms with Crippen LogP contribution in [0.3, 0.4) is 0 Å². The van der Waals surface area contributed by atoms with Crippen LogP contribution in [0, 0.1) is 0 Å². The standard InChI is InChI=1S/C16H14N4O2/c17-15-14-12(2-1-3-13(14)22-20-15)16(21)19-11-5-4-9-7-18-8-10(9)6-11/h1-6,18H,7-8H2,(H2,17,20)(H,19,21). The number of hydrogen-bond donors (Lipinski definition) is 3. The minimum absolute atomic E-state index is 0.221. The smallest absolute Gasteiger partial charge is 0.256 e. The lowest BCUT2D eigenvalue weighted by Gasteiger charge is -2.08. The first-order valence-corrected chi connectivity index (χ1v) is 7.00. The maximum atomic E-state index is 12.5. The SMILES string of the molecule is Nc1noc2cccc(C(=O)Nc3ccc4c(c3)CNC4)c12. The fourth-order valence-corrected chi connectivity index (χ4v) is 2.78. The second kappa shape index (κ2) is 4.85. The van der Waals surface area contributed by atoms with E-state index in [0.29, 0.717) is 16.5 Å². The number of nitrogens with zero attached hydrogens (tertiary/aromatic N) is 1. The van der Waals surface area contributed by atoms with Gasteiger partial charge in [-0.25, -0.2) is 0 Å². The van der Waals surface area contributed by atoms with Crippen molar-refractivity contribution in [3.8, 4) is 0 Å². The van der Waals surface area contributed by atoms with Crippen LogP contribution in [-0.2, 0) is 13.1 Å². The van der Waals surface area contributed by atoms with Gasteiger partial charge in [0.1, 0.15) is 0 Å². The molecular formula is C16H14N4O2. The lowest BCUT2D eigenvalue weighted by atomic mass is 10.1. The van der Waals surface area contributed by atoms with Gasteiger partial charge in [0.25, 0.3) is 5.91 Å². The summed E-state index contributed by atoms with van der Waals surface area (Å²) in [5.41, 5.74) is 9.98. The Labute approximate surface area is 126 Å². The molecular weight excluding hydrogens is 280 g/mol. The van der Waals surface area contributed by atoms with Gasteiger partial charge < -0.3 is 20.9 Å². The van der Waals surface area contributed by atoms with Crippen molar-refractivity contribution >= 4 is 28.4 Å². The van der Waals surface area contributed by atoms with Crippen LogP contribution in [0.15, 0.2) is 40.9 Å². The Morgan fingerprint density at radius 1 is 1.23 bits per heavy atom. The molecule has 0 aliphatic carbocycles. The van der Waals surface area contributed by atoms with Gasteiger partial charge in [-0.3, -0.25) is 4.79 Å². The van der Waals surface area contributed by atoms with E-state index < -0.39 is 0 Å². The number of rotatable bonds is 2. The summed E-state index contributed by atoms with van der Waals surface area (Å²) in [5, 5.41) is 10.4. The number of aromatic nitrogens is 1. The molecule has 0 unspecified atom stereocenters. The molecule has 110 valence electrons. The van der Waals surface area contributed by atoms with Gasteiger partial charge in [-0.2, -0.15) is 0 Å². The topological polar surface area (TPSA) is 93.2 Å². The van der Waals surface area contributed by atoms with E-state index in [-0.39, 0.29) is 11.7 Å². The molecule has 6 heteroatoms. The Hall–Kier alpha value is -2.86. The van der Waals surface area contributed by atoms with E-state index in [1.807, 2.05) is 18.2 Å². The van der Waals surface area contributed by atoms with Gasteiger partial charge in [0.2, 0.25) is 0 Å². The Bertz CT molecular complexity index is 885. The molecule has 0 radical (unpaired) electrons. The Kier molecular flexibility index (Phi) is 2.83. The van der Waals surface area contributed by atoms with Crippen molar-refractivity contribution < 1.29 is 9.32 Å². The normalized spacial score (nSPS) is 13.3. The minimum Gasteiger partial charge on any atom is -0.380 e. The summed E-state index contributed by atoms with van der Waals surface area (Å²) in [4.78, 5) is 12.5. The molecule has 2 aromatic carbocycles. The van der Waals surface area contributed by atoms with Crippen molar-refractivity contribution in [3.05, 3.63) is 53.1 Å². The predicted molar refractivity (Wildman–Crippen MR) is 83.4 cm³/mol. The maximum Gasteiger partial charge on any atom is 0.256 e. The van der Waals surface area contributed by atoms with Crippen molar-refractivity contribution in [2.75, 3.05) is 11.1 Å².